The number of piperazine rings is 1. The van der Waals surface area contributed by atoms with Crippen molar-refractivity contribution in [1.82, 2.24) is 30.0 Å². The van der Waals surface area contributed by atoms with Gasteiger partial charge in [-0.05, 0) is 6.07 Å². The van der Waals surface area contributed by atoms with Crippen molar-refractivity contribution >= 4 is 17.8 Å². The minimum atomic E-state index is -0.0699. The molecule has 0 atom stereocenters. The van der Waals surface area contributed by atoms with Crippen LogP contribution in [0.4, 0.5) is 11.9 Å². The van der Waals surface area contributed by atoms with E-state index in [0.29, 0.717) is 25.0 Å². The fraction of sp³-hybridized carbons (Fsp3) is 0.300. The van der Waals surface area contributed by atoms with E-state index in [1.807, 2.05) is 0 Å². The molecule has 20 heavy (non-hydrogen) atoms. The SMILES string of the molecule is NNc1nc(N2CCNC(=O)C2)nc(-n2cccn2)n1. The van der Waals surface area contributed by atoms with Crippen molar-refractivity contribution < 1.29 is 4.79 Å². The van der Waals surface area contributed by atoms with Crippen molar-refractivity contribution in [1.29, 1.82) is 0 Å². The van der Waals surface area contributed by atoms with Crippen LogP contribution in [-0.4, -0.2) is 50.3 Å². The molecule has 1 aliphatic heterocycles. The van der Waals surface area contributed by atoms with E-state index >= 15 is 0 Å². The number of rotatable bonds is 3. The highest BCUT2D eigenvalue weighted by molar-refractivity contribution is 5.81. The number of hydrazine groups is 1. The molecule has 0 radical (unpaired) electrons. The highest BCUT2D eigenvalue weighted by Crippen LogP contribution is 2.13. The molecular formula is C10H13N9O. The monoisotopic (exact) mass is 275 g/mol. The average Bonchev–Trinajstić information content (AvgIpc) is 3.01. The number of nitrogens with one attached hydrogen (secondary N) is 2. The van der Waals surface area contributed by atoms with E-state index in [4.69, 9.17) is 5.84 Å². The molecule has 2 aromatic rings. The van der Waals surface area contributed by atoms with Crippen molar-refractivity contribution in [2.24, 2.45) is 5.84 Å². The van der Waals surface area contributed by atoms with Gasteiger partial charge in [0.15, 0.2) is 0 Å². The van der Waals surface area contributed by atoms with Gasteiger partial charge in [0.25, 0.3) is 5.95 Å². The Hall–Kier alpha value is -2.75. The van der Waals surface area contributed by atoms with Gasteiger partial charge in [0.05, 0.1) is 6.54 Å². The van der Waals surface area contributed by atoms with Crippen LogP contribution in [0.2, 0.25) is 0 Å². The highest BCUT2D eigenvalue weighted by Gasteiger charge is 2.20. The van der Waals surface area contributed by atoms with Gasteiger partial charge in [0.2, 0.25) is 17.8 Å². The zero-order valence-electron chi connectivity index (χ0n) is 10.5. The molecule has 10 nitrogen and oxygen atoms in total. The lowest BCUT2D eigenvalue weighted by Gasteiger charge is -2.26. The van der Waals surface area contributed by atoms with Crippen molar-refractivity contribution in [2.45, 2.75) is 0 Å². The van der Waals surface area contributed by atoms with Crippen LogP contribution in [0.15, 0.2) is 18.5 Å². The molecule has 1 saturated heterocycles. The van der Waals surface area contributed by atoms with Gasteiger partial charge < -0.3 is 10.2 Å². The number of nitrogens with two attached hydrogens (primary N) is 1. The van der Waals surface area contributed by atoms with Crippen LogP contribution >= 0.6 is 0 Å². The third kappa shape index (κ3) is 2.36. The Morgan fingerprint density at radius 1 is 1.30 bits per heavy atom. The van der Waals surface area contributed by atoms with Crippen LogP contribution < -0.4 is 21.5 Å². The van der Waals surface area contributed by atoms with Gasteiger partial charge >= 0.3 is 0 Å². The molecule has 0 saturated carbocycles. The van der Waals surface area contributed by atoms with E-state index in [0.717, 1.165) is 0 Å². The van der Waals surface area contributed by atoms with Crippen LogP contribution in [0, 0.1) is 0 Å². The summed E-state index contributed by atoms with van der Waals surface area (Å²) in [7, 11) is 0. The second-order valence-corrected chi connectivity index (χ2v) is 4.13. The van der Waals surface area contributed by atoms with Crippen molar-refractivity contribution in [2.75, 3.05) is 30.0 Å². The maximum Gasteiger partial charge on any atom is 0.257 e. The largest absolute Gasteiger partial charge is 0.353 e. The van der Waals surface area contributed by atoms with E-state index in [-0.39, 0.29) is 18.4 Å². The Morgan fingerprint density at radius 3 is 2.85 bits per heavy atom. The van der Waals surface area contributed by atoms with Gasteiger partial charge in [-0.3, -0.25) is 10.2 Å². The molecule has 1 fully saturated rings. The molecule has 1 aliphatic rings. The smallest absolute Gasteiger partial charge is 0.257 e. The quantitative estimate of drug-likeness (QED) is 0.446. The first kappa shape index (κ1) is 12.3. The summed E-state index contributed by atoms with van der Waals surface area (Å²) in [5.74, 6) is 6.23. The van der Waals surface area contributed by atoms with Gasteiger partial charge in [-0.1, -0.05) is 0 Å². The number of nitrogens with zero attached hydrogens (tertiary/aromatic N) is 6. The number of aromatic nitrogens is 5. The minimum Gasteiger partial charge on any atom is -0.353 e. The molecule has 104 valence electrons. The first-order valence-electron chi connectivity index (χ1n) is 6.00. The second kappa shape index (κ2) is 5.09. The molecule has 0 aliphatic carbocycles. The molecular weight excluding hydrogens is 262 g/mol. The summed E-state index contributed by atoms with van der Waals surface area (Å²) < 4.78 is 1.50. The second-order valence-electron chi connectivity index (χ2n) is 4.13. The first-order chi connectivity index (χ1) is 9.76. The highest BCUT2D eigenvalue weighted by atomic mass is 16.2. The predicted octanol–water partition coefficient (Wildman–Crippen LogP) is -1.72. The summed E-state index contributed by atoms with van der Waals surface area (Å²) in [4.78, 5) is 25.8. The number of carbonyl (C=O) groups excluding carboxylic acids is 1. The number of hydrogen-bond acceptors (Lipinski definition) is 8. The molecule has 2 aromatic heterocycles. The van der Waals surface area contributed by atoms with E-state index < -0.39 is 0 Å². The van der Waals surface area contributed by atoms with Crippen molar-refractivity contribution in [3.05, 3.63) is 18.5 Å². The van der Waals surface area contributed by atoms with Crippen LogP contribution in [-0.2, 0) is 4.79 Å². The Balaban J connectivity index is 1.98. The van der Waals surface area contributed by atoms with Crippen LogP contribution in [0.5, 0.6) is 0 Å². The number of amides is 1. The van der Waals surface area contributed by atoms with Gasteiger partial charge in [-0.15, -0.1) is 0 Å². The first-order valence-corrected chi connectivity index (χ1v) is 6.00. The molecule has 1 amide bonds. The number of anilines is 2. The van der Waals surface area contributed by atoms with Crippen LogP contribution in [0.3, 0.4) is 0 Å². The van der Waals surface area contributed by atoms with Crippen molar-refractivity contribution in [3.63, 3.8) is 0 Å². The summed E-state index contributed by atoms with van der Waals surface area (Å²) in [6.45, 7) is 1.37. The number of nitrogen functional groups attached to an aromatic ring is 1. The summed E-state index contributed by atoms with van der Waals surface area (Å²) in [6.07, 6.45) is 3.33. The predicted molar refractivity (Wildman–Crippen MR) is 70.0 cm³/mol. The fourth-order valence-electron chi connectivity index (χ4n) is 1.86. The third-order valence-corrected chi connectivity index (χ3v) is 2.77. The van der Waals surface area contributed by atoms with Gasteiger partial charge in [-0.2, -0.15) is 20.1 Å². The van der Waals surface area contributed by atoms with E-state index in [9.17, 15) is 4.79 Å². The Morgan fingerprint density at radius 2 is 2.15 bits per heavy atom. The van der Waals surface area contributed by atoms with Gasteiger partial charge in [-0.25, -0.2) is 10.5 Å². The normalized spacial score (nSPS) is 15.1. The average molecular weight is 275 g/mol. The molecule has 0 bridgehead atoms. The minimum absolute atomic E-state index is 0.0699. The molecule has 4 N–H and O–H groups in total. The Bertz CT molecular complexity index is 611. The zero-order chi connectivity index (χ0) is 13.9. The standard InChI is InChI=1S/C10H13N9O/c11-17-8-14-9(18-5-3-12-7(20)6-18)16-10(15-8)19-4-1-2-13-19/h1-2,4H,3,5-6,11H2,(H,12,20)(H,14,15,16,17). The number of hydrogen-bond donors (Lipinski definition) is 3. The molecule has 0 unspecified atom stereocenters. The molecule has 0 spiro atoms. The summed E-state index contributed by atoms with van der Waals surface area (Å²) in [5.41, 5.74) is 2.39. The van der Waals surface area contributed by atoms with E-state index in [1.54, 1.807) is 23.4 Å². The Labute approximate surface area is 114 Å². The van der Waals surface area contributed by atoms with Crippen LogP contribution in [0.1, 0.15) is 0 Å². The van der Waals surface area contributed by atoms with Gasteiger partial charge in [0, 0.05) is 25.5 Å². The lowest BCUT2D eigenvalue weighted by atomic mass is 10.4. The lowest BCUT2D eigenvalue weighted by molar-refractivity contribution is -0.120. The summed E-state index contributed by atoms with van der Waals surface area (Å²) in [5, 5.41) is 6.80. The van der Waals surface area contributed by atoms with E-state index in [2.05, 4.69) is 30.8 Å². The van der Waals surface area contributed by atoms with Gasteiger partial charge in [0.1, 0.15) is 0 Å². The summed E-state index contributed by atoms with van der Waals surface area (Å²) in [6, 6.07) is 1.76. The molecule has 0 aromatic carbocycles. The lowest BCUT2D eigenvalue weighted by Crippen LogP contribution is -2.48. The fourth-order valence-corrected chi connectivity index (χ4v) is 1.86. The topological polar surface area (TPSA) is 127 Å². The Kier molecular flexibility index (Phi) is 3.13. The summed E-state index contributed by atoms with van der Waals surface area (Å²) >= 11 is 0. The molecule has 3 heterocycles. The molecule has 10 heteroatoms. The molecule has 3 rings (SSSR count). The maximum absolute atomic E-state index is 11.4. The zero-order valence-corrected chi connectivity index (χ0v) is 10.5. The maximum atomic E-state index is 11.4. The van der Waals surface area contributed by atoms with E-state index in [1.165, 1.54) is 4.68 Å². The third-order valence-electron chi connectivity index (χ3n) is 2.77. The van der Waals surface area contributed by atoms with Crippen molar-refractivity contribution in [3.8, 4) is 5.95 Å². The van der Waals surface area contributed by atoms with Crippen LogP contribution in [0.25, 0.3) is 5.95 Å². The number of carbonyl (C=O) groups is 1.